The van der Waals surface area contributed by atoms with Crippen LogP contribution in [0, 0.1) is 5.92 Å². The molecule has 0 N–H and O–H groups in total. The van der Waals surface area contributed by atoms with E-state index in [1.54, 1.807) is 6.92 Å². The van der Waals surface area contributed by atoms with E-state index in [1.807, 2.05) is 0 Å². The molecule has 0 aromatic heterocycles. The third kappa shape index (κ3) is 3.90. The first-order valence-corrected chi connectivity index (χ1v) is 10.6. The first-order valence-electron chi connectivity index (χ1n) is 10.6. The van der Waals surface area contributed by atoms with Crippen LogP contribution < -0.4 is 0 Å². The molecule has 0 bridgehead atoms. The average Bonchev–Trinajstić information content (AvgIpc) is 2.77. The van der Waals surface area contributed by atoms with Gasteiger partial charge in [0, 0.05) is 6.42 Å². The molecule has 1 aliphatic heterocycles. The Labute approximate surface area is 174 Å². The van der Waals surface area contributed by atoms with Crippen LogP contribution in [0.5, 0.6) is 0 Å². The van der Waals surface area contributed by atoms with E-state index in [0.29, 0.717) is 18.1 Å². The summed E-state index contributed by atoms with van der Waals surface area (Å²) in [6, 6.07) is 32.6. The highest BCUT2D eigenvalue weighted by Gasteiger charge is 2.43. The van der Waals surface area contributed by atoms with Gasteiger partial charge in [0.1, 0.15) is 5.78 Å². The fourth-order valence-electron chi connectivity index (χ4n) is 4.96. The van der Waals surface area contributed by atoms with E-state index in [1.165, 1.54) is 16.7 Å². The lowest BCUT2D eigenvalue weighted by molar-refractivity contribution is -0.118. The van der Waals surface area contributed by atoms with E-state index in [2.05, 4.69) is 95.9 Å². The van der Waals surface area contributed by atoms with E-state index < -0.39 is 0 Å². The number of piperidine rings is 1. The minimum absolute atomic E-state index is 0.309. The highest BCUT2D eigenvalue weighted by molar-refractivity contribution is 5.75. The molecule has 1 saturated heterocycles. The zero-order chi connectivity index (χ0) is 20.1. The summed E-state index contributed by atoms with van der Waals surface area (Å²) in [5.41, 5.74) is 3.55. The van der Waals surface area contributed by atoms with Crippen molar-refractivity contribution >= 4 is 5.78 Å². The van der Waals surface area contributed by atoms with Crippen molar-refractivity contribution in [3.63, 3.8) is 0 Å². The van der Waals surface area contributed by atoms with Crippen molar-refractivity contribution in [2.75, 3.05) is 13.1 Å². The number of hydrogen-bond acceptors (Lipinski definition) is 2. The lowest BCUT2D eigenvalue weighted by atomic mass is 9.74. The molecule has 0 aliphatic carbocycles. The number of nitrogens with zero attached hydrogens (tertiary/aromatic N) is 1. The number of hydrogen-bond donors (Lipinski definition) is 0. The molecule has 29 heavy (non-hydrogen) atoms. The normalized spacial score (nSPS) is 15.9. The zero-order valence-electron chi connectivity index (χ0n) is 17.1. The average molecular weight is 384 g/mol. The largest absolute Gasteiger partial charge is 0.300 e. The molecular formula is C27H29NO. The Morgan fingerprint density at radius 2 is 1.14 bits per heavy atom. The van der Waals surface area contributed by atoms with Gasteiger partial charge in [-0.3, -0.25) is 4.90 Å². The summed E-state index contributed by atoms with van der Waals surface area (Å²) < 4.78 is 0. The number of likely N-dealkylation sites (tertiary alicyclic amines) is 1. The van der Waals surface area contributed by atoms with Gasteiger partial charge in [-0.05, 0) is 55.5 Å². The first-order chi connectivity index (χ1) is 14.2. The van der Waals surface area contributed by atoms with Gasteiger partial charge in [0.05, 0.1) is 5.54 Å². The van der Waals surface area contributed by atoms with E-state index >= 15 is 0 Å². The van der Waals surface area contributed by atoms with Crippen molar-refractivity contribution in [3.05, 3.63) is 108 Å². The molecule has 4 rings (SSSR count). The number of carbonyl (C=O) groups is 1. The quantitative estimate of drug-likeness (QED) is 0.511. The second-order valence-corrected chi connectivity index (χ2v) is 8.15. The molecule has 1 fully saturated rings. The Kier molecular flexibility index (Phi) is 5.92. The Hall–Kier alpha value is -2.71. The maximum absolute atomic E-state index is 11.6. The summed E-state index contributed by atoms with van der Waals surface area (Å²) >= 11 is 0. The van der Waals surface area contributed by atoms with E-state index in [0.717, 1.165) is 25.9 Å². The van der Waals surface area contributed by atoms with Crippen LogP contribution in [0.3, 0.4) is 0 Å². The van der Waals surface area contributed by atoms with Crippen LogP contribution in [0.4, 0.5) is 0 Å². The van der Waals surface area contributed by atoms with E-state index in [9.17, 15) is 4.79 Å². The molecule has 3 aromatic carbocycles. The summed E-state index contributed by atoms with van der Waals surface area (Å²) in [4.78, 5) is 14.3. The lowest BCUT2D eigenvalue weighted by Gasteiger charge is -2.48. The summed E-state index contributed by atoms with van der Waals surface area (Å²) in [5, 5.41) is 0. The SMILES string of the molecule is CC(=O)CC1CCN(C(c2ccccc2)(c2ccccc2)c2ccccc2)CC1. The van der Waals surface area contributed by atoms with Gasteiger partial charge < -0.3 is 4.79 Å². The Bertz CT molecular complexity index is 816. The molecule has 1 heterocycles. The summed E-state index contributed by atoms with van der Waals surface area (Å²) in [7, 11) is 0. The third-order valence-electron chi connectivity index (χ3n) is 6.24. The summed E-state index contributed by atoms with van der Waals surface area (Å²) in [6.07, 6.45) is 2.84. The summed E-state index contributed by atoms with van der Waals surface area (Å²) in [6.45, 7) is 3.68. The van der Waals surface area contributed by atoms with Crippen LogP contribution in [-0.4, -0.2) is 23.8 Å². The number of Topliss-reactive ketones (excluding diaryl/α,β-unsaturated/α-hetero) is 1. The number of rotatable bonds is 6. The number of ketones is 1. The predicted octanol–water partition coefficient (Wildman–Crippen LogP) is 5.67. The van der Waals surface area contributed by atoms with Crippen LogP contribution >= 0.6 is 0 Å². The predicted molar refractivity (Wildman–Crippen MR) is 119 cm³/mol. The molecule has 0 saturated carbocycles. The van der Waals surface area contributed by atoms with Crippen molar-refractivity contribution in [1.29, 1.82) is 0 Å². The Balaban J connectivity index is 1.84. The summed E-state index contributed by atoms with van der Waals surface area (Å²) in [5.74, 6) is 0.813. The highest BCUT2D eigenvalue weighted by atomic mass is 16.1. The molecule has 3 aromatic rings. The molecule has 0 atom stereocenters. The molecule has 2 nitrogen and oxygen atoms in total. The Morgan fingerprint density at radius 1 is 0.759 bits per heavy atom. The van der Waals surface area contributed by atoms with Gasteiger partial charge in [-0.25, -0.2) is 0 Å². The van der Waals surface area contributed by atoms with Gasteiger partial charge in [0.25, 0.3) is 0 Å². The highest BCUT2D eigenvalue weighted by Crippen LogP contribution is 2.44. The lowest BCUT2D eigenvalue weighted by Crippen LogP contribution is -2.51. The molecule has 148 valence electrons. The molecule has 0 spiro atoms. The molecule has 1 aliphatic rings. The fourth-order valence-corrected chi connectivity index (χ4v) is 4.96. The van der Waals surface area contributed by atoms with Crippen molar-refractivity contribution in [3.8, 4) is 0 Å². The van der Waals surface area contributed by atoms with Crippen molar-refractivity contribution in [2.45, 2.75) is 31.7 Å². The molecule has 0 amide bonds. The molecular weight excluding hydrogens is 354 g/mol. The molecule has 0 radical (unpaired) electrons. The van der Waals surface area contributed by atoms with Crippen LogP contribution in [0.25, 0.3) is 0 Å². The first kappa shape index (κ1) is 19.6. The van der Waals surface area contributed by atoms with Crippen LogP contribution in [-0.2, 0) is 10.3 Å². The topological polar surface area (TPSA) is 20.3 Å². The smallest absolute Gasteiger partial charge is 0.130 e. The van der Waals surface area contributed by atoms with Gasteiger partial charge in [0.2, 0.25) is 0 Å². The number of carbonyl (C=O) groups excluding carboxylic acids is 1. The Morgan fingerprint density at radius 3 is 1.48 bits per heavy atom. The maximum Gasteiger partial charge on any atom is 0.130 e. The van der Waals surface area contributed by atoms with Crippen LogP contribution in [0.15, 0.2) is 91.0 Å². The molecule has 0 unspecified atom stereocenters. The number of benzene rings is 3. The standard InChI is InChI=1S/C27H29NO/c1-22(29)21-23-17-19-28(20-18-23)27(24-11-5-2-6-12-24,25-13-7-3-8-14-25)26-15-9-4-10-16-26/h2-16,23H,17-21H2,1H3. The van der Waals surface area contributed by atoms with Gasteiger partial charge in [0.15, 0.2) is 0 Å². The fraction of sp³-hybridized carbons (Fsp3) is 0.296. The van der Waals surface area contributed by atoms with Crippen molar-refractivity contribution in [2.24, 2.45) is 5.92 Å². The minimum atomic E-state index is -0.328. The minimum Gasteiger partial charge on any atom is -0.300 e. The van der Waals surface area contributed by atoms with Gasteiger partial charge in [-0.1, -0.05) is 91.0 Å². The maximum atomic E-state index is 11.6. The zero-order valence-corrected chi connectivity index (χ0v) is 17.1. The van der Waals surface area contributed by atoms with Gasteiger partial charge in [-0.2, -0.15) is 0 Å². The van der Waals surface area contributed by atoms with E-state index in [4.69, 9.17) is 0 Å². The van der Waals surface area contributed by atoms with Crippen LogP contribution in [0.2, 0.25) is 0 Å². The second kappa shape index (κ2) is 8.75. The third-order valence-corrected chi connectivity index (χ3v) is 6.24. The van der Waals surface area contributed by atoms with E-state index in [-0.39, 0.29) is 5.54 Å². The van der Waals surface area contributed by atoms with Gasteiger partial charge >= 0.3 is 0 Å². The van der Waals surface area contributed by atoms with Crippen molar-refractivity contribution in [1.82, 2.24) is 4.90 Å². The van der Waals surface area contributed by atoms with Crippen molar-refractivity contribution < 1.29 is 4.79 Å². The van der Waals surface area contributed by atoms with Gasteiger partial charge in [-0.15, -0.1) is 0 Å². The van der Waals surface area contributed by atoms with Crippen LogP contribution in [0.1, 0.15) is 42.9 Å². The molecule has 2 heteroatoms. The second-order valence-electron chi connectivity index (χ2n) is 8.15. The monoisotopic (exact) mass is 383 g/mol.